The lowest BCUT2D eigenvalue weighted by molar-refractivity contribution is -0.120. The second-order valence-electron chi connectivity index (χ2n) is 5.52. The van der Waals surface area contributed by atoms with E-state index in [-0.39, 0.29) is 0 Å². The summed E-state index contributed by atoms with van der Waals surface area (Å²) >= 11 is 0. The van der Waals surface area contributed by atoms with Crippen LogP contribution in [0.25, 0.3) is 0 Å². The van der Waals surface area contributed by atoms with E-state index in [1.165, 1.54) is 11.4 Å². The summed E-state index contributed by atoms with van der Waals surface area (Å²) < 4.78 is 24.3. The van der Waals surface area contributed by atoms with Crippen LogP contribution in [0.3, 0.4) is 0 Å². The molecule has 2 aromatic rings. The molecular formula is C17H21N3O3S. The summed E-state index contributed by atoms with van der Waals surface area (Å²) in [5.41, 5.74) is 7.77. The van der Waals surface area contributed by atoms with Crippen molar-refractivity contribution in [2.75, 3.05) is 17.6 Å². The van der Waals surface area contributed by atoms with Gasteiger partial charge in [-0.25, -0.2) is 8.42 Å². The normalized spacial score (nSPS) is 12.6. The van der Waals surface area contributed by atoms with Gasteiger partial charge in [0.2, 0.25) is 15.9 Å². The van der Waals surface area contributed by atoms with Crippen LogP contribution in [0.2, 0.25) is 0 Å². The molecule has 0 fully saturated rings. The molecule has 0 aliphatic carbocycles. The summed E-state index contributed by atoms with van der Waals surface area (Å²) in [6.45, 7) is 0.436. The quantitative estimate of drug-likeness (QED) is 0.792. The van der Waals surface area contributed by atoms with E-state index in [1.807, 2.05) is 42.5 Å². The molecule has 0 aromatic heterocycles. The third kappa shape index (κ3) is 4.56. The van der Waals surface area contributed by atoms with Gasteiger partial charge in [0.1, 0.15) is 6.04 Å². The Morgan fingerprint density at radius 3 is 2.21 bits per heavy atom. The van der Waals surface area contributed by atoms with Crippen molar-refractivity contribution in [1.29, 1.82) is 0 Å². The van der Waals surface area contributed by atoms with Crippen molar-refractivity contribution in [1.82, 2.24) is 5.32 Å². The maximum absolute atomic E-state index is 11.7. The standard InChI is InChI=1S/C17H21N3O3S/c1-20(24(2,22)23)15-10-8-13(9-11-15)12-19-16(17(18)21)14-6-4-3-5-7-14/h3-11,16,19H,12H2,1-2H3,(H2,18,21)/t16-/m1/s1. The van der Waals surface area contributed by atoms with Gasteiger partial charge in [-0.3, -0.25) is 14.4 Å². The number of hydrogen-bond acceptors (Lipinski definition) is 4. The number of rotatable bonds is 7. The van der Waals surface area contributed by atoms with E-state index in [2.05, 4.69) is 5.32 Å². The number of nitrogens with one attached hydrogen (secondary N) is 1. The van der Waals surface area contributed by atoms with Crippen molar-refractivity contribution in [3.63, 3.8) is 0 Å². The maximum Gasteiger partial charge on any atom is 0.239 e. The molecule has 7 heteroatoms. The van der Waals surface area contributed by atoms with E-state index in [1.54, 1.807) is 12.1 Å². The first kappa shape index (κ1) is 18.0. The molecule has 0 radical (unpaired) electrons. The van der Waals surface area contributed by atoms with Crippen LogP contribution in [0, 0.1) is 0 Å². The number of carbonyl (C=O) groups excluding carboxylic acids is 1. The summed E-state index contributed by atoms with van der Waals surface area (Å²) in [6.07, 6.45) is 1.15. The summed E-state index contributed by atoms with van der Waals surface area (Å²) in [5.74, 6) is -0.449. The highest BCUT2D eigenvalue weighted by Gasteiger charge is 2.17. The number of primary amides is 1. The molecule has 3 N–H and O–H groups in total. The molecule has 128 valence electrons. The minimum atomic E-state index is -3.29. The molecule has 0 spiro atoms. The summed E-state index contributed by atoms with van der Waals surface area (Å²) in [7, 11) is -1.78. The number of carbonyl (C=O) groups is 1. The van der Waals surface area contributed by atoms with Crippen LogP contribution in [0.15, 0.2) is 54.6 Å². The van der Waals surface area contributed by atoms with E-state index in [0.29, 0.717) is 12.2 Å². The first-order valence-corrected chi connectivity index (χ1v) is 9.24. The van der Waals surface area contributed by atoms with Crippen molar-refractivity contribution < 1.29 is 13.2 Å². The van der Waals surface area contributed by atoms with Gasteiger partial charge in [0.25, 0.3) is 0 Å². The molecule has 2 rings (SSSR count). The fraction of sp³-hybridized carbons (Fsp3) is 0.235. The average Bonchev–Trinajstić information content (AvgIpc) is 2.55. The average molecular weight is 347 g/mol. The third-order valence-corrected chi connectivity index (χ3v) is 4.93. The van der Waals surface area contributed by atoms with E-state index < -0.39 is 22.0 Å². The number of sulfonamides is 1. The zero-order chi connectivity index (χ0) is 17.7. The zero-order valence-electron chi connectivity index (χ0n) is 13.6. The van der Waals surface area contributed by atoms with Gasteiger partial charge in [0, 0.05) is 13.6 Å². The summed E-state index contributed by atoms with van der Waals surface area (Å²) in [5, 5.41) is 3.12. The van der Waals surface area contributed by atoms with Crippen molar-refractivity contribution in [2.24, 2.45) is 5.73 Å². The molecule has 0 aliphatic heterocycles. The second-order valence-corrected chi connectivity index (χ2v) is 7.54. The molecule has 0 saturated heterocycles. The number of nitrogens with zero attached hydrogens (tertiary/aromatic N) is 1. The Morgan fingerprint density at radius 1 is 1.12 bits per heavy atom. The molecule has 1 atom stereocenters. The molecule has 0 heterocycles. The van der Waals surface area contributed by atoms with E-state index in [4.69, 9.17) is 5.73 Å². The lowest BCUT2D eigenvalue weighted by atomic mass is 10.1. The third-order valence-electron chi connectivity index (χ3n) is 3.73. The molecule has 0 aliphatic rings. The highest BCUT2D eigenvalue weighted by Crippen LogP contribution is 2.17. The van der Waals surface area contributed by atoms with Crippen LogP contribution in [0.4, 0.5) is 5.69 Å². The number of nitrogens with two attached hydrogens (primary N) is 1. The maximum atomic E-state index is 11.7. The van der Waals surface area contributed by atoms with E-state index in [0.717, 1.165) is 17.4 Å². The van der Waals surface area contributed by atoms with Crippen LogP contribution in [0.1, 0.15) is 17.2 Å². The second kappa shape index (κ2) is 7.46. The SMILES string of the molecule is CN(c1ccc(CN[C@@H](C(N)=O)c2ccccc2)cc1)S(C)(=O)=O. The fourth-order valence-corrected chi connectivity index (χ4v) is 2.77. The molecular weight excluding hydrogens is 326 g/mol. The Kier molecular flexibility index (Phi) is 5.58. The molecule has 24 heavy (non-hydrogen) atoms. The van der Waals surface area contributed by atoms with Gasteiger partial charge < -0.3 is 5.73 Å². The molecule has 1 amide bonds. The summed E-state index contributed by atoms with van der Waals surface area (Å²) in [4.78, 5) is 11.7. The van der Waals surface area contributed by atoms with Crippen LogP contribution in [-0.4, -0.2) is 27.6 Å². The van der Waals surface area contributed by atoms with Crippen LogP contribution in [0.5, 0.6) is 0 Å². The van der Waals surface area contributed by atoms with Crippen LogP contribution >= 0.6 is 0 Å². The molecule has 2 aromatic carbocycles. The van der Waals surface area contributed by atoms with Gasteiger partial charge in [-0.05, 0) is 23.3 Å². The van der Waals surface area contributed by atoms with Gasteiger partial charge in [-0.1, -0.05) is 42.5 Å². The zero-order valence-corrected chi connectivity index (χ0v) is 14.5. The van der Waals surface area contributed by atoms with Crippen molar-refractivity contribution in [3.05, 3.63) is 65.7 Å². The Hall–Kier alpha value is -2.38. The molecule has 0 bridgehead atoms. The number of amides is 1. The van der Waals surface area contributed by atoms with Crippen LogP contribution < -0.4 is 15.4 Å². The fourth-order valence-electron chi connectivity index (χ4n) is 2.26. The Morgan fingerprint density at radius 2 is 1.71 bits per heavy atom. The number of benzene rings is 2. The Bertz CT molecular complexity index is 790. The molecule has 6 nitrogen and oxygen atoms in total. The molecule has 0 saturated carbocycles. The van der Waals surface area contributed by atoms with Gasteiger partial charge in [-0.15, -0.1) is 0 Å². The predicted molar refractivity (Wildman–Crippen MR) is 94.9 cm³/mol. The van der Waals surface area contributed by atoms with Crippen molar-refractivity contribution in [2.45, 2.75) is 12.6 Å². The van der Waals surface area contributed by atoms with Gasteiger partial charge in [0.15, 0.2) is 0 Å². The van der Waals surface area contributed by atoms with Gasteiger partial charge in [-0.2, -0.15) is 0 Å². The predicted octanol–water partition coefficient (Wildman–Crippen LogP) is 1.40. The van der Waals surface area contributed by atoms with Gasteiger partial charge in [0.05, 0.1) is 11.9 Å². The first-order chi connectivity index (χ1) is 11.3. The molecule has 0 unspecified atom stereocenters. The Labute approximate surface area is 142 Å². The van der Waals surface area contributed by atoms with E-state index >= 15 is 0 Å². The highest BCUT2D eigenvalue weighted by molar-refractivity contribution is 7.92. The minimum absolute atomic E-state index is 0.436. The smallest absolute Gasteiger partial charge is 0.239 e. The highest BCUT2D eigenvalue weighted by atomic mass is 32.2. The Balaban J connectivity index is 2.07. The van der Waals surface area contributed by atoms with Crippen LogP contribution in [-0.2, 0) is 21.4 Å². The first-order valence-electron chi connectivity index (χ1n) is 7.39. The topological polar surface area (TPSA) is 92.5 Å². The van der Waals surface area contributed by atoms with Gasteiger partial charge >= 0.3 is 0 Å². The van der Waals surface area contributed by atoms with Crippen molar-refractivity contribution >= 4 is 21.6 Å². The summed E-state index contributed by atoms with van der Waals surface area (Å²) in [6, 6.07) is 15.7. The van der Waals surface area contributed by atoms with Crippen molar-refractivity contribution in [3.8, 4) is 0 Å². The largest absolute Gasteiger partial charge is 0.368 e. The monoisotopic (exact) mass is 347 g/mol. The lowest BCUT2D eigenvalue weighted by Crippen LogP contribution is -2.33. The number of hydrogen-bond donors (Lipinski definition) is 2. The van der Waals surface area contributed by atoms with E-state index in [9.17, 15) is 13.2 Å². The number of anilines is 1. The lowest BCUT2D eigenvalue weighted by Gasteiger charge is -2.18. The minimum Gasteiger partial charge on any atom is -0.368 e.